The third-order valence-electron chi connectivity index (χ3n) is 5.81. The number of halogens is 2. The Labute approximate surface area is 201 Å². The zero-order valence-corrected chi connectivity index (χ0v) is 20.8. The number of hydrogen-bond donors (Lipinski definition) is 2. The van der Waals surface area contributed by atoms with E-state index in [9.17, 15) is 27.4 Å². The van der Waals surface area contributed by atoms with Crippen LogP contribution in [0.5, 0.6) is 0 Å². The van der Waals surface area contributed by atoms with Gasteiger partial charge in [-0.1, -0.05) is 25.1 Å². The fraction of sp³-hybridized carbons (Fsp3) is 0.391. The zero-order valence-electron chi connectivity index (χ0n) is 19.2. The molecule has 0 fully saturated rings. The van der Waals surface area contributed by atoms with Gasteiger partial charge in [0.2, 0.25) is 0 Å². The van der Waals surface area contributed by atoms with Gasteiger partial charge in [0.1, 0.15) is 29.9 Å². The summed E-state index contributed by atoms with van der Waals surface area (Å²) in [7, 11) is -3.37. The first-order valence-electron chi connectivity index (χ1n) is 10.4. The van der Waals surface area contributed by atoms with Gasteiger partial charge in [-0.05, 0) is 37.6 Å². The first-order chi connectivity index (χ1) is 15.7. The summed E-state index contributed by atoms with van der Waals surface area (Å²) in [6.45, 7) is 4.99. The fourth-order valence-corrected chi connectivity index (χ4v) is 6.00. The van der Waals surface area contributed by atoms with E-state index in [0.29, 0.717) is 11.6 Å². The molecule has 2 aromatic carbocycles. The average molecular weight is 512 g/mol. The first-order valence-corrected chi connectivity index (χ1v) is 13.2. The van der Waals surface area contributed by atoms with Gasteiger partial charge in [-0.3, -0.25) is 0 Å². The standard InChI is InChI=1S/C23H27F2N3O4S2/c1-15(21(29)16-5-8-18(9-6-16)34(4,31)32)33-22(2,3)23(30,12-28-14-26-13-27-28)19-10-7-17(24)11-20(19)25/h5-11,13-15,21,29-30H,12H2,1-4H3. The zero-order chi connectivity index (χ0) is 25.3. The predicted octanol–water partition coefficient (Wildman–Crippen LogP) is 3.48. The van der Waals surface area contributed by atoms with Crippen LogP contribution in [0.1, 0.15) is 38.0 Å². The maximum atomic E-state index is 14.8. The third kappa shape index (κ3) is 5.48. The molecule has 2 N–H and O–H groups in total. The van der Waals surface area contributed by atoms with Gasteiger partial charge in [0.05, 0.1) is 17.5 Å². The molecule has 0 aliphatic carbocycles. The van der Waals surface area contributed by atoms with E-state index in [1.807, 2.05) is 0 Å². The molecule has 7 nitrogen and oxygen atoms in total. The molecule has 34 heavy (non-hydrogen) atoms. The maximum absolute atomic E-state index is 14.8. The van der Waals surface area contributed by atoms with Crippen molar-refractivity contribution in [2.24, 2.45) is 0 Å². The van der Waals surface area contributed by atoms with Crippen LogP contribution < -0.4 is 0 Å². The highest BCUT2D eigenvalue weighted by atomic mass is 32.2. The Balaban J connectivity index is 1.93. The number of benzene rings is 2. The molecular weight excluding hydrogens is 484 g/mol. The lowest BCUT2D eigenvalue weighted by molar-refractivity contribution is -0.0174. The normalized spacial score (nSPS) is 16.1. The van der Waals surface area contributed by atoms with Crippen LogP contribution in [0.2, 0.25) is 0 Å². The molecule has 0 bridgehead atoms. The lowest BCUT2D eigenvalue weighted by Gasteiger charge is -2.44. The van der Waals surface area contributed by atoms with E-state index in [2.05, 4.69) is 10.1 Å². The van der Waals surface area contributed by atoms with Crippen molar-refractivity contribution in [3.8, 4) is 0 Å². The molecule has 0 spiro atoms. The number of hydrogen-bond acceptors (Lipinski definition) is 7. The van der Waals surface area contributed by atoms with Crippen molar-refractivity contribution in [3.63, 3.8) is 0 Å². The van der Waals surface area contributed by atoms with Gasteiger partial charge < -0.3 is 10.2 Å². The van der Waals surface area contributed by atoms with E-state index in [-0.39, 0.29) is 17.0 Å². The number of sulfone groups is 1. The number of nitrogens with zero attached hydrogens (tertiary/aromatic N) is 3. The van der Waals surface area contributed by atoms with Gasteiger partial charge in [-0.15, -0.1) is 11.8 Å². The van der Waals surface area contributed by atoms with Crippen molar-refractivity contribution in [2.45, 2.75) is 53.9 Å². The van der Waals surface area contributed by atoms with Gasteiger partial charge >= 0.3 is 0 Å². The van der Waals surface area contributed by atoms with Crippen molar-refractivity contribution in [1.29, 1.82) is 0 Å². The number of aromatic nitrogens is 3. The number of aliphatic hydroxyl groups is 2. The van der Waals surface area contributed by atoms with Crippen molar-refractivity contribution in [2.75, 3.05) is 6.26 Å². The third-order valence-corrected chi connectivity index (χ3v) is 8.49. The van der Waals surface area contributed by atoms with Crippen LogP contribution in [-0.4, -0.2) is 49.6 Å². The van der Waals surface area contributed by atoms with Crippen LogP contribution in [0.3, 0.4) is 0 Å². The van der Waals surface area contributed by atoms with Crippen LogP contribution in [0.4, 0.5) is 8.78 Å². The Morgan fingerprint density at radius 1 is 1.15 bits per heavy atom. The largest absolute Gasteiger partial charge is 0.387 e. The molecule has 0 radical (unpaired) electrons. The first kappa shape index (κ1) is 26.3. The minimum atomic E-state index is -3.37. The quantitative estimate of drug-likeness (QED) is 0.453. The molecule has 3 aromatic rings. The van der Waals surface area contributed by atoms with E-state index < -0.39 is 43.2 Å². The summed E-state index contributed by atoms with van der Waals surface area (Å²) in [5, 5.41) is 26.3. The summed E-state index contributed by atoms with van der Waals surface area (Å²) in [6, 6.07) is 8.90. The van der Waals surface area contributed by atoms with Crippen molar-refractivity contribution in [1.82, 2.24) is 14.8 Å². The topological polar surface area (TPSA) is 105 Å². The summed E-state index contributed by atoms with van der Waals surface area (Å²) in [5.41, 5.74) is -1.48. The Morgan fingerprint density at radius 2 is 1.79 bits per heavy atom. The molecule has 1 heterocycles. The Morgan fingerprint density at radius 3 is 2.32 bits per heavy atom. The smallest absolute Gasteiger partial charge is 0.175 e. The second-order valence-corrected chi connectivity index (χ2v) is 12.7. The molecule has 3 atom stereocenters. The Bertz CT molecular complexity index is 1240. The summed E-state index contributed by atoms with van der Waals surface area (Å²) in [5.74, 6) is -1.67. The number of thioether (sulfide) groups is 1. The second-order valence-electron chi connectivity index (χ2n) is 8.70. The molecule has 0 aliphatic rings. The highest BCUT2D eigenvalue weighted by molar-refractivity contribution is 8.01. The minimum absolute atomic E-state index is 0.110. The Hall–Kier alpha value is -2.34. The maximum Gasteiger partial charge on any atom is 0.175 e. The molecule has 0 saturated heterocycles. The average Bonchev–Trinajstić information content (AvgIpc) is 3.25. The summed E-state index contributed by atoms with van der Waals surface area (Å²) in [6.07, 6.45) is 2.76. The van der Waals surface area contributed by atoms with Gasteiger partial charge in [0.15, 0.2) is 9.84 Å². The molecule has 0 amide bonds. The summed E-state index contributed by atoms with van der Waals surface area (Å²) >= 11 is 1.21. The van der Waals surface area contributed by atoms with Crippen LogP contribution in [0, 0.1) is 11.6 Å². The van der Waals surface area contributed by atoms with Crippen molar-refractivity contribution in [3.05, 3.63) is 77.9 Å². The summed E-state index contributed by atoms with van der Waals surface area (Å²) < 4.78 is 52.1. The van der Waals surface area contributed by atoms with Crippen molar-refractivity contribution < 1.29 is 27.4 Å². The van der Waals surface area contributed by atoms with Crippen LogP contribution in [-0.2, 0) is 22.0 Å². The van der Waals surface area contributed by atoms with Crippen LogP contribution >= 0.6 is 11.8 Å². The molecule has 3 rings (SSSR count). The molecule has 0 saturated carbocycles. The van der Waals surface area contributed by atoms with Gasteiger partial charge in [-0.25, -0.2) is 26.9 Å². The second kappa shape index (κ2) is 9.73. The van der Waals surface area contributed by atoms with Gasteiger partial charge in [-0.2, -0.15) is 5.10 Å². The van der Waals surface area contributed by atoms with E-state index in [4.69, 9.17) is 0 Å². The molecule has 3 unspecified atom stereocenters. The molecule has 1 aromatic heterocycles. The molecule has 11 heteroatoms. The van der Waals surface area contributed by atoms with E-state index in [1.165, 1.54) is 59.4 Å². The number of aliphatic hydroxyl groups excluding tert-OH is 1. The van der Waals surface area contributed by atoms with Gasteiger partial charge in [0.25, 0.3) is 0 Å². The molecule has 0 aliphatic heterocycles. The highest BCUT2D eigenvalue weighted by Gasteiger charge is 2.49. The fourth-order valence-electron chi connectivity index (χ4n) is 3.78. The molecule has 184 valence electrons. The highest BCUT2D eigenvalue weighted by Crippen LogP contribution is 2.48. The minimum Gasteiger partial charge on any atom is -0.387 e. The van der Waals surface area contributed by atoms with Crippen LogP contribution in [0.15, 0.2) is 60.0 Å². The number of rotatable bonds is 9. The Kier molecular flexibility index (Phi) is 7.51. The lowest BCUT2D eigenvalue weighted by atomic mass is 9.82. The van der Waals surface area contributed by atoms with E-state index >= 15 is 0 Å². The van der Waals surface area contributed by atoms with Gasteiger partial charge in [0, 0.05) is 27.9 Å². The monoisotopic (exact) mass is 511 g/mol. The van der Waals surface area contributed by atoms with E-state index in [0.717, 1.165) is 12.3 Å². The molecular formula is C23H27F2N3O4S2. The summed E-state index contributed by atoms with van der Waals surface area (Å²) in [4.78, 5) is 4.01. The predicted molar refractivity (Wildman–Crippen MR) is 126 cm³/mol. The SMILES string of the molecule is CC(SC(C)(C)C(O)(Cn1cncn1)c1ccc(F)cc1F)C(O)c1ccc(S(C)(=O)=O)cc1. The van der Waals surface area contributed by atoms with Crippen molar-refractivity contribution >= 4 is 21.6 Å². The lowest BCUT2D eigenvalue weighted by Crippen LogP contribution is -2.50. The van der Waals surface area contributed by atoms with Crippen LogP contribution in [0.25, 0.3) is 0 Å². The van der Waals surface area contributed by atoms with E-state index in [1.54, 1.807) is 20.8 Å².